The number of rotatable bonds is 4. The molecule has 112 valence electrons. The standard InChI is InChI=1S/C15H17ClFN3O/c1-9(2)8-18-15(21)13-10(3)19-20(14(13)16)12-6-4-11(17)5-7-12/h4-7,9H,8H2,1-3H3,(H,18,21). The molecule has 6 heteroatoms. The first-order valence-electron chi connectivity index (χ1n) is 6.69. The summed E-state index contributed by atoms with van der Waals surface area (Å²) in [7, 11) is 0. The molecule has 0 bridgehead atoms. The normalized spacial score (nSPS) is 11.0. The number of aryl methyl sites for hydroxylation is 1. The Bertz CT molecular complexity index is 650. The highest BCUT2D eigenvalue weighted by atomic mass is 35.5. The lowest BCUT2D eigenvalue weighted by molar-refractivity contribution is 0.0948. The molecule has 0 spiro atoms. The number of nitrogens with one attached hydrogen (secondary N) is 1. The number of amides is 1. The molecule has 1 amide bonds. The van der Waals surface area contributed by atoms with Crippen LogP contribution in [-0.4, -0.2) is 22.2 Å². The Kier molecular flexibility index (Phi) is 4.63. The molecular weight excluding hydrogens is 293 g/mol. The first-order chi connectivity index (χ1) is 9.90. The van der Waals surface area contributed by atoms with Crippen molar-refractivity contribution in [3.63, 3.8) is 0 Å². The largest absolute Gasteiger partial charge is 0.352 e. The monoisotopic (exact) mass is 309 g/mol. The summed E-state index contributed by atoms with van der Waals surface area (Å²) in [6.45, 7) is 6.31. The summed E-state index contributed by atoms with van der Waals surface area (Å²) in [4.78, 5) is 12.2. The van der Waals surface area contributed by atoms with Gasteiger partial charge in [0.15, 0.2) is 0 Å². The average Bonchev–Trinajstić information content (AvgIpc) is 2.72. The number of halogens is 2. The highest BCUT2D eigenvalue weighted by Crippen LogP contribution is 2.23. The van der Waals surface area contributed by atoms with E-state index < -0.39 is 0 Å². The number of nitrogens with zero attached hydrogens (tertiary/aromatic N) is 2. The van der Waals surface area contributed by atoms with Crippen LogP contribution < -0.4 is 5.32 Å². The molecule has 0 saturated carbocycles. The molecule has 0 saturated heterocycles. The zero-order chi connectivity index (χ0) is 15.6. The van der Waals surface area contributed by atoms with Crippen LogP contribution in [0.15, 0.2) is 24.3 Å². The predicted octanol–water partition coefficient (Wildman–Crippen LogP) is 3.36. The van der Waals surface area contributed by atoms with Crippen LogP contribution >= 0.6 is 11.6 Å². The lowest BCUT2D eigenvalue weighted by Crippen LogP contribution is -2.27. The third-order valence-electron chi connectivity index (χ3n) is 2.97. The Hall–Kier alpha value is -1.88. The second-order valence-corrected chi connectivity index (χ2v) is 5.60. The molecule has 0 radical (unpaired) electrons. The Morgan fingerprint density at radius 2 is 2.00 bits per heavy atom. The Morgan fingerprint density at radius 3 is 2.57 bits per heavy atom. The molecule has 0 aliphatic heterocycles. The van der Waals surface area contributed by atoms with E-state index >= 15 is 0 Å². The van der Waals surface area contributed by atoms with Crippen molar-refractivity contribution in [3.8, 4) is 5.69 Å². The summed E-state index contributed by atoms with van der Waals surface area (Å²) < 4.78 is 14.4. The van der Waals surface area contributed by atoms with E-state index in [0.29, 0.717) is 29.4 Å². The fourth-order valence-corrected chi connectivity index (χ4v) is 2.25. The summed E-state index contributed by atoms with van der Waals surface area (Å²) in [5, 5.41) is 7.30. The lowest BCUT2D eigenvalue weighted by Gasteiger charge is -2.07. The molecule has 1 N–H and O–H groups in total. The third kappa shape index (κ3) is 3.42. The zero-order valence-corrected chi connectivity index (χ0v) is 12.9. The molecule has 0 aliphatic rings. The topological polar surface area (TPSA) is 46.9 Å². The molecule has 2 rings (SSSR count). The van der Waals surface area contributed by atoms with E-state index in [4.69, 9.17) is 11.6 Å². The zero-order valence-electron chi connectivity index (χ0n) is 12.2. The van der Waals surface area contributed by atoms with Gasteiger partial charge in [0.25, 0.3) is 5.91 Å². The maximum absolute atomic E-state index is 13.0. The minimum atomic E-state index is -0.339. The van der Waals surface area contributed by atoms with Crippen molar-refractivity contribution in [3.05, 3.63) is 46.5 Å². The first-order valence-corrected chi connectivity index (χ1v) is 7.07. The van der Waals surface area contributed by atoms with Crippen LogP contribution in [0.2, 0.25) is 5.15 Å². The second-order valence-electron chi connectivity index (χ2n) is 5.24. The van der Waals surface area contributed by atoms with Crippen LogP contribution in [0, 0.1) is 18.7 Å². The van der Waals surface area contributed by atoms with Crippen LogP contribution in [0.25, 0.3) is 5.69 Å². The van der Waals surface area contributed by atoms with Gasteiger partial charge in [0.05, 0.1) is 16.9 Å². The van der Waals surface area contributed by atoms with E-state index in [0.717, 1.165) is 0 Å². The van der Waals surface area contributed by atoms with Crippen LogP contribution in [0.1, 0.15) is 29.9 Å². The smallest absolute Gasteiger partial charge is 0.256 e. The van der Waals surface area contributed by atoms with Gasteiger partial charge in [0, 0.05) is 6.54 Å². The van der Waals surface area contributed by atoms with E-state index in [2.05, 4.69) is 10.4 Å². The minimum absolute atomic E-state index is 0.223. The molecule has 21 heavy (non-hydrogen) atoms. The highest BCUT2D eigenvalue weighted by molar-refractivity contribution is 6.33. The predicted molar refractivity (Wildman–Crippen MR) is 80.4 cm³/mol. The SMILES string of the molecule is Cc1nn(-c2ccc(F)cc2)c(Cl)c1C(=O)NCC(C)C. The minimum Gasteiger partial charge on any atom is -0.352 e. The Labute approximate surface area is 127 Å². The molecule has 4 nitrogen and oxygen atoms in total. The van der Waals surface area contributed by atoms with E-state index in [1.54, 1.807) is 19.1 Å². The Balaban J connectivity index is 2.33. The summed E-state index contributed by atoms with van der Waals surface area (Å²) in [5.74, 6) is -0.242. The highest BCUT2D eigenvalue weighted by Gasteiger charge is 2.21. The van der Waals surface area contributed by atoms with E-state index in [1.165, 1.54) is 16.8 Å². The van der Waals surface area contributed by atoms with Gasteiger partial charge >= 0.3 is 0 Å². The molecule has 1 heterocycles. The third-order valence-corrected chi connectivity index (χ3v) is 3.32. The number of carbonyl (C=O) groups excluding carboxylic acids is 1. The van der Waals surface area contributed by atoms with E-state index in [9.17, 15) is 9.18 Å². The molecule has 0 unspecified atom stereocenters. The van der Waals surface area contributed by atoms with Crippen molar-refractivity contribution < 1.29 is 9.18 Å². The van der Waals surface area contributed by atoms with Crippen LogP contribution in [0.4, 0.5) is 4.39 Å². The quantitative estimate of drug-likeness (QED) is 0.941. The van der Waals surface area contributed by atoms with Crippen molar-refractivity contribution in [2.75, 3.05) is 6.54 Å². The number of benzene rings is 1. The van der Waals surface area contributed by atoms with E-state index in [1.807, 2.05) is 13.8 Å². The number of aromatic nitrogens is 2. The van der Waals surface area contributed by atoms with Gasteiger partial charge in [0.2, 0.25) is 0 Å². The molecule has 0 fully saturated rings. The summed E-state index contributed by atoms with van der Waals surface area (Å²) in [6, 6.07) is 5.76. The van der Waals surface area contributed by atoms with Gasteiger partial charge < -0.3 is 5.32 Å². The molecular formula is C15H17ClFN3O. The van der Waals surface area contributed by atoms with Crippen molar-refractivity contribution in [1.82, 2.24) is 15.1 Å². The summed E-state index contributed by atoms with van der Waals surface area (Å²) >= 11 is 6.26. The van der Waals surface area contributed by atoms with Crippen molar-refractivity contribution in [1.29, 1.82) is 0 Å². The average molecular weight is 310 g/mol. The fraction of sp³-hybridized carbons (Fsp3) is 0.333. The van der Waals surface area contributed by atoms with Crippen LogP contribution in [0.3, 0.4) is 0 Å². The number of hydrogen-bond donors (Lipinski definition) is 1. The van der Waals surface area contributed by atoms with Crippen molar-refractivity contribution >= 4 is 17.5 Å². The van der Waals surface area contributed by atoms with Gasteiger partial charge in [0.1, 0.15) is 11.0 Å². The summed E-state index contributed by atoms with van der Waals surface area (Å²) in [6.07, 6.45) is 0. The molecule has 0 aliphatic carbocycles. The Morgan fingerprint density at radius 1 is 1.38 bits per heavy atom. The van der Waals surface area contributed by atoms with Gasteiger partial charge in [-0.3, -0.25) is 4.79 Å². The first kappa shape index (κ1) is 15.5. The molecule has 1 aromatic heterocycles. The number of hydrogen-bond acceptors (Lipinski definition) is 2. The van der Waals surface area contributed by atoms with Gasteiger partial charge in [-0.05, 0) is 37.1 Å². The molecule has 2 aromatic rings. The van der Waals surface area contributed by atoms with E-state index in [-0.39, 0.29) is 16.9 Å². The van der Waals surface area contributed by atoms with Gasteiger partial charge in [-0.25, -0.2) is 9.07 Å². The lowest BCUT2D eigenvalue weighted by atomic mass is 10.2. The van der Waals surface area contributed by atoms with Crippen molar-refractivity contribution in [2.24, 2.45) is 5.92 Å². The van der Waals surface area contributed by atoms with Crippen LogP contribution in [0.5, 0.6) is 0 Å². The second kappa shape index (κ2) is 6.26. The maximum Gasteiger partial charge on any atom is 0.256 e. The molecule has 1 aromatic carbocycles. The van der Waals surface area contributed by atoms with Gasteiger partial charge in [-0.15, -0.1) is 0 Å². The maximum atomic E-state index is 13.0. The van der Waals surface area contributed by atoms with Crippen LogP contribution in [-0.2, 0) is 0 Å². The fourth-order valence-electron chi connectivity index (χ4n) is 1.90. The van der Waals surface area contributed by atoms with Gasteiger partial charge in [-0.2, -0.15) is 5.10 Å². The summed E-state index contributed by atoms with van der Waals surface area (Å²) in [5.41, 5.74) is 1.49. The molecule has 0 atom stereocenters. The van der Waals surface area contributed by atoms with Crippen molar-refractivity contribution in [2.45, 2.75) is 20.8 Å². The number of carbonyl (C=O) groups is 1. The van der Waals surface area contributed by atoms with Gasteiger partial charge in [-0.1, -0.05) is 25.4 Å².